The molecule has 10 heteroatoms. The highest BCUT2D eigenvalue weighted by Crippen LogP contribution is 2.26. The molecule has 2 aromatic heterocycles. The van der Waals surface area contributed by atoms with Crippen LogP contribution in [0.1, 0.15) is 21.8 Å². The number of anilines is 1. The van der Waals surface area contributed by atoms with E-state index < -0.39 is 0 Å². The molecule has 4 rings (SSSR count). The van der Waals surface area contributed by atoms with Gasteiger partial charge in [-0.15, -0.1) is 11.3 Å². The number of hydrogen-bond acceptors (Lipinski definition) is 8. The van der Waals surface area contributed by atoms with E-state index in [1.807, 2.05) is 23.1 Å². The van der Waals surface area contributed by atoms with Crippen LogP contribution in [0.5, 0.6) is 11.5 Å². The number of thiazole rings is 1. The van der Waals surface area contributed by atoms with Gasteiger partial charge in [0, 0.05) is 43.7 Å². The molecule has 0 bridgehead atoms. The van der Waals surface area contributed by atoms with Gasteiger partial charge in [0.15, 0.2) is 10.9 Å². The Kier molecular flexibility index (Phi) is 7.26. The Morgan fingerprint density at radius 3 is 2.67 bits per heavy atom. The van der Waals surface area contributed by atoms with E-state index in [0.717, 1.165) is 36.7 Å². The summed E-state index contributed by atoms with van der Waals surface area (Å²) >= 11 is 1.29. The Hall–Kier alpha value is -3.37. The number of methoxy groups -OCH3 is 2. The lowest BCUT2D eigenvalue weighted by molar-refractivity contribution is -0.132. The molecule has 0 spiro atoms. The van der Waals surface area contributed by atoms with Gasteiger partial charge in [-0.05, 0) is 30.3 Å². The van der Waals surface area contributed by atoms with E-state index in [4.69, 9.17) is 13.9 Å². The molecule has 0 atom stereocenters. The van der Waals surface area contributed by atoms with Crippen LogP contribution in [0, 0.1) is 0 Å². The molecule has 1 saturated heterocycles. The molecule has 1 aliphatic heterocycles. The summed E-state index contributed by atoms with van der Waals surface area (Å²) in [5.74, 6) is 1.50. The Balaban J connectivity index is 1.27. The summed E-state index contributed by atoms with van der Waals surface area (Å²) < 4.78 is 15.9. The van der Waals surface area contributed by atoms with Crippen molar-refractivity contribution < 1.29 is 23.5 Å². The number of benzene rings is 1. The number of ether oxygens (including phenoxy) is 2. The maximum absolute atomic E-state index is 12.8. The van der Waals surface area contributed by atoms with Crippen molar-refractivity contribution in [2.24, 2.45) is 0 Å². The summed E-state index contributed by atoms with van der Waals surface area (Å²) in [6.45, 7) is 3.57. The van der Waals surface area contributed by atoms with Crippen molar-refractivity contribution in [2.75, 3.05) is 45.7 Å². The van der Waals surface area contributed by atoms with Gasteiger partial charge in [0.1, 0.15) is 11.5 Å². The minimum absolute atomic E-state index is 0.0304. The van der Waals surface area contributed by atoms with Crippen LogP contribution in [-0.4, -0.2) is 67.0 Å². The van der Waals surface area contributed by atoms with Crippen LogP contribution < -0.4 is 14.8 Å². The molecule has 3 aromatic rings. The van der Waals surface area contributed by atoms with Gasteiger partial charge in [-0.2, -0.15) is 0 Å². The number of rotatable bonds is 8. The number of nitrogens with one attached hydrogen (secondary N) is 1. The fraction of sp³-hybridized carbons (Fsp3) is 0.348. The Morgan fingerprint density at radius 1 is 1.15 bits per heavy atom. The van der Waals surface area contributed by atoms with Crippen LogP contribution in [0.3, 0.4) is 0 Å². The number of amides is 2. The minimum atomic E-state index is -0.365. The number of hydrogen-bond donors (Lipinski definition) is 1. The van der Waals surface area contributed by atoms with Crippen LogP contribution in [0.25, 0.3) is 0 Å². The number of piperazine rings is 1. The number of aromatic nitrogens is 1. The van der Waals surface area contributed by atoms with E-state index in [1.54, 1.807) is 31.7 Å². The molecule has 33 heavy (non-hydrogen) atoms. The minimum Gasteiger partial charge on any atom is -0.497 e. The van der Waals surface area contributed by atoms with E-state index >= 15 is 0 Å². The first-order valence-electron chi connectivity index (χ1n) is 10.6. The Morgan fingerprint density at radius 2 is 1.97 bits per heavy atom. The third-order valence-corrected chi connectivity index (χ3v) is 6.26. The fourth-order valence-corrected chi connectivity index (χ4v) is 4.39. The summed E-state index contributed by atoms with van der Waals surface area (Å²) in [4.78, 5) is 33.3. The third kappa shape index (κ3) is 5.71. The predicted octanol–water partition coefficient (Wildman–Crippen LogP) is 2.89. The third-order valence-electron chi connectivity index (χ3n) is 5.46. The maximum atomic E-state index is 12.8. The van der Waals surface area contributed by atoms with Crippen LogP contribution >= 0.6 is 11.3 Å². The molecule has 1 aromatic carbocycles. The monoisotopic (exact) mass is 470 g/mol. The average molecular weight is 471 g/mol. The second kappa shape index (κ2) is 10.5. The molecule has 9 nitrogen and oxygen atoms in total. The van der Waals surface area contributed by atoms with Gasteiger partial charge in [0.25, 0.3) is 5.91 Å². The van der Waals surface area contributed by atoms with Gasteiger partial charge in [0.05, 0.1) is 32.6 Å². The van der Waals surface area contributed by atoms with Crippen molar-refractivity contribution in [2.45, 2.75) is 13.0 Å². The first kappa shape index (κ1) is 22.8. The summed E-state index contributed by atoms with van der Waals surface area (Å²) in [6.07, 6.45) is 1.64. The largest absolute Gasteiger partial charge is 0.497 e. The van der Waals surface area contributed by atoms with Crippen LogP contribution in [0.2, 0.25) is 0 Å². The van der Waals surface area contributed by atoms with E-state index in [9.17, 15) is 9.59 Å². The van der Waals surface area contributed by atoms with E-state index in [-0.39, 0.29) is 24.0 Å². The highest BCUT2D eigenvalue weighted by atomic mass is 32.1. The lowest BCUT2D eigenvalue weighted by atomic mass is 10.1. The topological polar surface area (TPSA) is 97.1 Å². The number of carbonyl (C=O) groups is 2. The first-order chi connectivity index (χ1) is 16.1. The molecule has 1 aliphatic rings. The SMILES string of the molecule is COc1ccc(OC)c(CN2CCN(C(=O)Cc3csc(NC(=O)c4ccco4)n3)CC2)c1. The van der Waals surface area contributed by atoms with Gasteiger partial charge in [-0.1, -0.05) is 0 Å². The molecule has 0 unspecified atom stereocenters. The van der Waals surface area contributed by atoms with Gasteiger partial charge >= 0.3 is 0 Å². The first-order valence-corrected chi connectivity index (χ1v) is 11.4. The zero-order chi connectivity index (χ0) is 23.2. The molecule has 1 fully saturated rings. The molecular weight excluding hydrogens is 444 g/mol. The summed E-state index contributed by atoms with van der Waals surface area (Å²) in [5.41, 5.74) is 1.70. The Bertz CT molecular complexity index is 1090. The average Bonchev–Trinajstić information content (AvgIpc) is 3.52. The lowest BCUT2D eigenvalue weighted by Crippen LogP contribution is -2.48. The highest BCUT2D eigenvalue weighted by Gasteiger charge is 2.23. The van der Waals surface area contributed by atoms with E-state index in [0.29, 0.717) is 23.9 Å². The van der Waals surface area contributed by atoms with E-state index in [2.05, 4.69) is 15.2 Å². The van der Waals surface area contributed by atoms with Crippen molar-refractivity contribution in [1.82, 2.24) is 14.8 Å². The second-order valence-corrected chi connectivity index (χ2v) is 8.45. The van der Waals surface area contributed by atoms with Crippen molar-refractivity contribution >= 4 is 28.3 Å². The van der Waals surface area contributed by atoms with Gasteiger partial charge in [0.2, 0.25) is 5.91 Å². The van der Waals surface area contributed by atoms with Crippen molar-refractivity contribution in [1.29, 1.82) is 0 Å². The number of nitrogens with zero attached hydrogens (tertiary/aromatic N) is 3. The van der Waals surface area contributed by atoms with Crippen molar-refractivity contribution in [3.63, 3.8) is 0 Å². The predicted molar refractivity (Wildman–Crippen MR) is 124 cm³/mol. The maximum Gasteiger partial charge on any atom is 0.293 e. The van der Waals surface area contributed by atoms with Crippen LogP contribution in [-0.2, 0) is 17.8 Å². The molecule has 0 aliphatic carbocycles. The molecule has 0 saturated carbocycles. The fourth-order valence-electron chi connectivity index (χ4n) is 3.68. The lowest BCUT2D eigenvalue weighted by Gasteiger charge is -2.35. The molecule has 174 valence electrons. The second-order valence-electron chi connectivity index (χ2n) is 7.59. The van der Waals surface area contributed by atoms with E-state index in [1.165, 1.54) is 17.6 Å². The summed E-state index contributed by atoms with van der Waals surface area (Å²) in [6, 6.07) is 9.00. The number of furan rings is 1. The quantitative estimate of drug-likeness (QED) is 0.541. The molecule has 2 amide bonds. The van der Waals surface area contributed by atoms with Crippen LogP contribution in [0.4, 0.5) is 5.13 Å². The van der Waals surface area contributed by atoms with Crippen LogP contribution in [0.15, 0.2) is 46.4 Å². The summed E-state index contributed by atoms with van der Waals surface area (Å²) in [7, 11) is 3.31. The zero-order valence-electron chi connectivity index (χ0n) is 18.6. The molecular formula is C23H26N4O5S. The normalized spacial score (nSPS) is 14.2. The standard InChI is InChI=1S/C23H26N4O5S/c1-30-18-5-6-19(31-2)16(12-18)14-26-7-9-27(10-8-26)21(28)13-17-15-33-23(24-17)25-22(29)20-4-3-11-32-20/h3-6,11-12,15H,7-10,13-14H2,1-2H3,(H,24,25,29). The number of carbonyl (C=O) groups excluding carboxylic acids is 2. The van der Waals surface area contributed by atoms with Crippen molar-refractivity contribution in [3.8, 4) is 11.5 Å². The molecule has 1 N–H and O–H groups in total. The van der Waals surface area contributed by atoms with Gasteiger partial charge in [-0.3, -0.25) is 19.8 Å². The van der Waals surface area contributed by atoms with Gasteiger partial charge in [-0.25, -0.2) is 4.98 Å². The zero-order valence-corrected chi connectivity index (χ0v) is 19.4. The van der Waals surface area contributed by atoms with Gasteiger partial charge < -0.3 is 18.8 Å². The molecule has 0 radical (unpaired) electrons. The van der Waals surface area contributed by atoms with Crippen molar-refractivity contribution in [3.05, 3.63) is 59.0 Å². The molecule has 3 heterocycles. The smallest absolute Gasteiger partial charge is 0.293 e. The summed E-state index contributed by atoms with van der Waals surface area (Å²) in [5, 5.41) is 4.92. The highest BCUT2D eigenvalue weighted by molar-refractivity contribution is 7.14. The Labute approximate surface area is 195 Å².